The van der Waals surface area contributed by atoms with E-state index >= 15 is 0 Å². The molecule has 12 nitrogen and oxygen atoms in total. The number of sulfone groups is 1. The lowest BCUT2D eigenvalue weighted by atomic mass is 9.70. The van der Waals surface area contributed by atoms with Gasteiger partial charge in [-0.2, -0.15) is 5.26 Å². The van der Waals surface area contributed by atoms with Gasteiger partial charge in [0.05, 0.1) is 45.7 Å². The molecule has 2 aliphatic carbocycles. The number of hydrogen-bond acceptors (Lipinski definition) is 8. The third-order valence-corrected chi connectivity index (χ3v) is 12.1. The minimum absolute atomic E-state index is 0.0539. The molecule has 5 atom stereocenters. The maximum absolute atomic E-state index is 14.0. The number of primary amides is 1. The fraction of sp³-hybridized carbons (Fsp3) is 0.593. The summed E-state index contributed by atoms with van der Waals surface area (Å²) in [5.74, 6) is -9.79. The van der Waals surface area contributed by atoms with E-state index in [1.807, 2.05) is 4.90 Å². The molecule has 2 saturated heterocycles. The molecule has 1 aromatic carbocycles. The van der Waals surface area contributed by atoms with Crippen LogP contribution in [-0.2, 0) is 29.0 Å². The van der Waals surface area contributed by atoms with Crippen LogP contribution in [0.4, 0.5) is 14.5 Å². The number of carboxylic acid groups (broad SMARTS) is 1. The number of carboxylic acids is 1. The first kappa shape index (κ1) is 30.9. The highest BCUT2D eigenvalue weighted by molar-refractivity contribution is 7.92. The molecule has 3 N–H and O–H groups in total. The molecule has 2 saturated carbocycles. The Hall–Kier alpha value is -3.51. The highest BCUT2D eigenvalue weighted by atomic mass is 35.5. The summed E-state index contributed by atoms with van der Waals surface area (Å²) in [6.45, 7) is 1.51. The molecule has 4 fully saturated rings. The maximum Gasteiger partial charge on any atom is 0.310 e. The lowest BCUT2D eigenvalue weighted by Gasteiger charge is -2.42. The van der Waals surface area contributed by atoms with Crippen molar-refractivity contribution in [1.82, 2.24) is 9.80 Å². The van der Waals surface area contributed by atoms with E-state index in [0.29, 0.717) is 31.9 Å². The summed E-state index contributed by atoms with van der Waals surface area (Å²) < 4.78 is 55.2. The molecular weight excluding hydrogens is 612 g/mol. The number of carbonyl (C=O) groups is 4. The van der Waals surface area contributed by atoms with Crippen LogP contribution < -0.4 is 10.6 Å². The third-order valence-electron chi connectivity index (χ3n) is 9.51. The Morgan fingerprint density at radius 1 is 1.09 bits per heavy atom. The van der Waals surface area contributed by atoms with Crippen molar-refractivity contribution in [2.45, 2.75) is 42.3 Å². The van der Waals surface area contributed by atoms with Gasteiger partial charge >= 0.3 is 5.97 Å². The topological polar surface area (TPSA) is 182 Å². The second kappa shape index (κ2) is 10.3. The fourth-order valence-corrected chi connectivity index (χ4v) is 9.39. The van der Waals surface area contributed by atoms with Crippen LogP contribution in [0.2, 0.25) is 5.02 Å². The largest absolute Gasteiger partial charge is 0.481 e. The van der Waals surface area contributed by atoms with E-state index in [9.17, 15) is 46.7 Å². The minimum Gasteiger partial charge on any atom is -0.481 e. The Labute approximate surface area is 251 Å². The lowest BCUT2D eigenvalue weighted by molar-refractivity contribution is -0.177. The van der Waals surface area contributed by atoms with Gasteiger partial charge in [-0.05, 0) is 37.5 Å². The molecule has 0 bridgehead atoms. The number of nitriles is 1. The van der Waals surface area contributed by atoms with Crippen molar-refractivity contribution in [3.63, 3.8) is 0 Å². The van der Waals surface area contributed by atoms with Crippen LogP contribution in [0.5, 0.6) is 0 Å². The van der Waals surface area contributed by atoms with Crippen molar-refractivity contribution in [3.8, 4) is 6.07 Å². The first-order valence-electron chi connectivity index (χ1n) is 13.7. The Kier molecular flexibility index (Phi) is 7.41. The smallest absolute Gasteiger partial charge is 0.310 e. The van der Waals surface area contributed by atoms with E-state index in [2.05, 4.69) is 0 Å². The normalized spacial score (nSPS) is 31.6. The number of rotatable bonds is 7. The number of carbonyl (C=O) groups excluding carboxylic acids is 3. The van der Waals surface area contributed by atoms with Crippen LogP contribution in [0.3, 0.4) is 0 Å². The number of amides is 3. The molecule has 4 aliphatic rings. The number of halogens is 3. The van der Waals surface area contributed by atoms with Crippen LogP contribution in [0, 0.1) is 34.0 Å². The van der Waals surface area contributed by atoms with E-state index in [1.165, 1.54) is 19.1 Å². The van der Waals surface area contributed by atoms with Gasteiger partial charge in [0.15, 0.2) is 9.84 Å². The zero-order chi connectivity index (χ0) is 31.7. The Bertz CT molecular complexity index is 1550. The van der Waals surface area contributed by atoms with E-state index < -0.39 is 87.4 Å². The predicted octanol–water partition coefficient (Wildman–Crippen LogP) is 1.12. The number of nitrogens with two attached hydrogens (primary N) is 1. The first-order valence-corrected chi connectivity index (χ1v) is 15.6. The molecular formula is C27H30ClF2N5O7S. The predicted molar refractivity (Wildman–Crippen MR) is 147 cm³/mol. The molecule has 0 radical (unpaired) electrons. The molecule has 5 rings (SSSR count). The fourth-order valence-electron chi connectivity index (χ4n) is 7.00. The molecule has 232 valence electrons. The summed E-state index contributed by atoms with van der Waals surface area (Å²) in [6, 6.07) is 6.04. The zero-order valence-corrected chi connectivity index (χ0v) is 24.7. The molecule has 0 aromatic heterocycles. The van der Waals surface area contributed by atoms with Crippen molar-refractivity contribution in [3.05, 3.63) is 23.2 Å². The van der Waals surface area contributed by atoms with Gasteiger partial charge in [0.25, 0.3) is 5.92 Å². The summed E-state index contributed by atoms with van der Waals surface area (Å²) in [6.07, 6.45) is -1.47. The van der Waals surface area contributed by atoms with Gasteiger partial charge < -0.3 is 25.5 Å². The molecule has 16 heteroatoms. The number of aliphatic carboxylic acids is 1. The number of likely N-dealkylation sites (tertiary alicyclic amines) is 1. The summed E-state index contributed by atoms with van der Waals surface area (Å²) in [4.78, 5) is 54.4. The van der Waals surface area contributed by atoms with Gasteiger partial charge in [-0.25, -0.2) is 17.2 Å². The maximum atomic E-state index is 14.0. The number of benzene rings is 1. The van der Waals surface area contributed by atoms with Gasteiger partial charge in [-0.1, -0.05) is 11.6 Å². The molecule has 3 amide bonds. The SMILES string of the molecule is CC(=O)N1CCN(c2ccc(S(=O)(=O)[C@@H]3C[C@@H](C(=O)N4CC(F)(F)C4)[C@](C(=O)O)(C4CC4(C#N)C(N)=O)C3)c(Cl)c2)CC1. The van der Waals surface area contributed by atoms with Crippen LogP contribution >= 0.6 is 11.6 Å². The number of nitrogens with zero attached hydrogens (tertiary/aromatic N) is 4. The summed E-state index contributed by atoms with van der Waals surface area (Å²) in [5, 5.41) is 18.6. The van der Waals surface area contributed by atoms with Gasteiger partial charge in [0.2, 0.25) is 17.7 Å². The quantitative estimate of drug-likeness (QED) is 0.441. The minimum atomic E-state index is -4.40. The number of anilines is 1. The number of alkyl halides is 2. The van der Waals surface area contributed by atoms with Crippen molar-refractivity contribution >= 4 is 50.8 Å². The van der Waals surface area contributed by atoms with Crippen molar-refractivity contribution in [2.75, 3.05) is 44.2 Å². The average molecular weight is 642 g/mol. The van der Waals surface area contributed by atoms with Crippen molar-refractivity contribution < 1.29 is 41.5 Å². The van der Waals surface area contributed by atoms with Gasteiger partial charge in [-0.3, -0.25) is 19.2 Å². The van der Waals surface area contributed by atoms with Crippen LogP contribution in [0.25, 0.3) is 0 Å². The summed E-state index contributed by atoms with van der Waals surface area (Å²) in [7, 11) is -4.40. The monoisotopic (exact) mass is 641 g/mol. The van der Waals surface area contributed by atoms with E-state index in [4.69, 9.17) is 17.3 Å². The van der Waals surface area contributed by atoms with Crippen molar-refractivity contribution in [1.29, 1.82) is 5.26 Å². The van der Waals surface area contributed by atoms with Gasteiger partial charge in [-0.15, -0.1) is 0 Å². The molecule has 2 heterocycles. The first-order chi connectivity index (χ1) is 20.0. The second-order valence-corrected chi connectivity index (χ2v) is 14.5. The lowest BCUT2D eigenvalue weighted by Crippen LogP contribution is -2.61. The highest BCUT2D eigenvalue weighted by Crippen LogP contribution is 2.68. The van der Waals surface area contributed by atoms with Crippen LogP contribution in [0.1, 0.15) is 26.2 Å². The van der Waals surface area contributed by atoms with Crippen LogP contribution in [-0.4, -0.2) is 97.5 Å². The highest BCUT2D eigenvalue weighted by Gasteiger charge is 2.76. The molecule has 43 heavy (non-hydrogen) atoms. The Morgan fingerprint density at radius 2 is 1.72 bits per heavy atom. The Balaban J connectivity index is 1.47. The molecule has 2 unspecified atom stereocenters. The molecule has 1 aromatic rings. The van der Waals surface area contributed by atoms with Gasteiger partial charge in [0.1, 0.15) is 5.41 Å². The van der Waals surface area contributed by atoms with Crippen LogP contribution in [0.15, 0.2) is 23.1 Å². The average Bonchev–Trinajstić information content (AvgIpc) is 3.55. The standard InChI is InChI=1S/C27H30ClF2N5O7S/c1-15(36)33-4-6-34(7-5-33)16-2-3-20(19(28)8-16)43(41,42)17-9-18(22(37)35-13-26(29,30)14-35)27(10-17,24(39)40)21-11-25(21,12-31)23(32)38/h2-3,8,17-18,21H,4-7,9-11,13-14H2,1H3,(H2,32,38)(H,39,40)/t17-,18+,21?,25?,27+/m1/s1. The number of piperazine rings is 1. The number of hydrogen-bond donors (Lipinski definition) is 2. The summed E-state index contributed by atoms with van der Waals surface area (Å²) >= 11 is 6.47. The van der Waals surface area contributed by atoms with E-state index in [1.54, 1.807) is 17.0 Å². The van der Waals surface area contributed by atoms with E-state index in [-0.39, 0.29) is 22.2 Å². The Morgan fingerprint density at radius 3 is 2.19 bits per heavy atom. The third kappa shape index (κ3) is 4.88. The molecule has 2 aliphatic heterocycles. The van der Waals surface area contributed by atoms with E-state index in [0.717, 1.165) is 4.90 Å². The van der Waals surface area contributed by atoms with Gasteiger partial charge in [0, 0.05) is 44.7 Å². The summed E-state index contributed by atoms with van der Waals surface area (Å²) in [5.41, 5.74) is 1.90. The zero-order valence-electron chi connectivity index (χ0n) is 23.1. The van der Waals surface area contributed by atoms with Crippen molar-refractivity contribution in [2.24, 2.45) is 28.4 Å². The second-order valence-electron chi connectivity index (χ2n) is 11.9. The molecule has 0 spiro atoms.